The summed E-state index contributed by atoms with van der Waals surface area (Å²) in [5, 5.41) is 13.9. The summed E-state index contributed by atoms with van der Waals surface area (Å²) in [6, 6.07) is 12.4. The van der Waals surface area contributed by atoms with Crippen LogP contribution in [0.3, 0.4) is 0 Å². The maximum Gasteiger partial charge on any atom is 0.301 e. The Kier molecular flexibility index (Phi) is 4.93. The van der Waals surface area contributed by atoms with Crippen LogP contribution in [0.5, 0.6) is 0 Å². The van der Waals surface area contributed by atoms with E-state index in [2.05, 4.69) is 4.98 Å². The van der Waals surface area contributed by atoms with E-state index in [0.29, 0.717) is 26.3 Å². The molecule has 5 nitrogen and oxygen atoms in total. The van der Waals surface area contributed by atoms with Gasteiger partial charge in [0.2, 0.25) is 0 Å². The third kappa shape index (κ3) is 3.20. The van der Waals surface area contributed by atoms with Gasteiger partial charge in [-0.3, -0.25) is 14.5 Å². The van der Waals surface area contributed by atoms with Crippen LogP contribution in [0.4, 0.5) is 5.13 Å². The van der Waals surface area contributed by atoms with Gasteiger partial charge < -0.3 is 5.11 Å². The number of aliphatic hydroxyl groups excluding tert-OH is 1. The molecule has 1 aliphatic rings. The Morgan fingerprint density at radius 3 is 2.46 bits per heavy atom. The number of benzene rings is 2. The minimum atomic E-state index is -0.847. The summed E-state index contributed by atoms with van der Waals surface area (Å²) >= 11 is 13.3. The Labute approximate surface area is 174 Å². The predicted octanol–water partition coefficient (Wildman–Crippen LogP) is 5.08. The molecule has 28 heavy (non-hydrogen) atoms. The van der Waals surface area contributed by atoms with Gasteiger partial charge in [0, 0.05) is 27.2 Å². The van der Waals surface area contributed by atoms with Gasteiger partial charge in [0.15, 0.2) is 5.13 Å². The molecule has 0 bridgehead atoms. The van der Waals surface area contributed by atoms with E-state index in [-0.39, 0.29) is 11.3 Å². The summed E-state index contributed by atoms with van der Waals surface area (Å²) in [6.07, 6.45) is 1.55. The maximum atomic E-state index is 12.9. The number of thiazole rings is 1. The molecule has 140 valence electrons. The third-order valence-electron chi connectivity index (χ3n) is 4.35. The van der Waals surface area contributed by atoms with Crippen LogP contribution in [-0.4, -0.2) is 21.8 Å². The number of amides is 1. The summed E-state index contributed by atoms with van der Waals surface area (Å²) in [5.41, 5.74) is 0.954. The number of hydrogen-bond acceptors (Lipinski definition) is 5. The number of ketones is 1. The molecule has 1 amide bonds. The van der Waals surface area contributed by atoms with Gasteiger partial charge in [0.25, 0.3) is 5.78 Å². The largest absolute Gasteiger partial charge is 0.507 e. The topological polar surface area (TPSA) is 70.5 Å². The lowest BCUT2D eigenvalue weighted by Crippen LogP contribution is -2.29. The second-order valence-corrected chi connectivity index (χ2v) is 7.79. The Morgan fingerprint density at radius 2 is 1.82 bits per heavy atom. The van der Waals surface area contributed by atoms with Crippen LogP contribution < -0.4 is 4.90 Å². The summed E-state index contributed by atoms with van der Waals surface area (Å²) in [7, 11) is 0. The second-order valence-electron chi connectivity index (χ2n) is 6.05. The van der Waals surface area contributed by atoms with Crippen LogP contribution in [-0.2, 0) is 9.59 Å². The van der Waals surface area contributed by atoms with Crippen molar-refractivity contribution in [3.63, 3.8) is 0 Å². The second kappa shape index (κ2) is 7.39. The van der Waals surface area contributed by atoms with Crippen molar-refractivity contribution < 1.29 is 14.7 Å². The van der Waals surface area contributed by atoms with E-state index >= 15 is 0 Å². The van der Waals surface area contributed by atoms with Crippen molar-refractivity contribution in [3.05, 3.63) is 86.9 Å². The lowest BCUT2D eigenvalue weighted by Gasteiger charge is -2.23. The molecule has 8 heteroatoms. The van der Waals surface area contributed by atoms with Gasteiger partial charge in [0.1, 0.15) is 5.76 Å². The molecule has 1 aliphatic heterocycles. The van der Waals surface area contributed by atoms with E-state index in [1.807, 2.05) is 0 Å². The number of nitrogens with zero attached hydrogens (tertiary/aromatic N) is 2. The van der Waals surface area contributed by atoms with Gasteiger partial charge in [-0.25, -0.2) is 4.98 Å². The van der Waals surface area contributed by atoms with Gasteiger partial charge in [-0.15, -0.1) is 11.3 Å². The Balaban J connectivity index is 1.95. The third-order valence-corrected chi connectivity index (χ3v) is 5.61. The lowest BCUT2D eigenvalue weighted by atomic mass is 9.95. The van der Waals surface area contributed by atoms with Gasteiger partial charge in [-0.1, -0.05) is 35.3 Å². The maximum absolute atomic E-state index is 12.9. The van der Waals surface area contributed by atoms with Crippen molar-refractivity contribution in [2.45, 2.75) is 6.04 Å². The fourth-order valence-electron chi connectivity index (χ4n) is 3.12. The number of carbonyl (C=O) groups is 2. The molecule has 1 saturated heterocycles. The molecule has 1 atom stereocenters. The van der Waals surface area contributed by atoms with Crippen LogP contribution in [0.25, 0.3) is 5.76 Å². The first kappa shape index (κ1) is 18.7. The molecule has 1 fully saturated rings. The zero-order chi connectivity index (χ0) is 19.8. The molecule has 0 spiro atoms. The van der Waals surface area contributed by atoms with Crippen molar-refractivity contribution in [2.24, 2.45) is 0 Å². The van der Waals surface area contributed by atoms with Crippen molar-refractivity contribution in [3.8, 4) is 0 Å². The van der Waals surface area contributed by atoms with E-state index in [9.17, 15) is 14.7 Å². The van der Waals surface area contributed by atoms with Crippen LogP contribution in [0, 0.1) is 0 Å². The Morgan fingerprint density at radius 1 is 1.07 bits per heavy atom. The predicted molar refractivity (Wildman–Crippen MR) is 110 cm³/mol. The highest BCUT2D eigenvalue weighted by Gasteiger charge is 2.48. The molecule has 0 aliphatic carbocycles. The van der Waals surface area contributed by atoms with Crippen molar-refractivity contribution in [1.82, 2.24) is 4.98 Å². The molecule has 3 aromatic rings. The number of aromatic nitrogens is 1. The number of rotatable bonds is 3. The summed E-state index contributed by atoms with van der Waals surface area (Å²) in [5.74, 6) is -1.82. The first-order valence-corrected chi connectivity index (χ1v) is 9.83. The first-order valence-electron chi connectivity index (χ1n) is 8.19. The Hall–Kier alpha value is -2.67. The minimum Gasteiger partial charge on any atom is -0.507 e. The Bertz CT molecular complexity index is 1090. The fraction of sp³-hybridized carbons (Fsp3) is 0.0500. The molecule has 1 N–H and O–H groups in total. The number of carbonyl (C=O) groups excluding carboxylic acids is 2. The van der Waals surface area contributed by atoms with Gasteiger partial charge in [0.05, 0.1) is 11.6 Å². The lowest BCUT2D eigenvalue weighted by molar-refractivity contribution is -0.132. The molecular weight excluding hydrogens is 419 g/mol. The average molecular weight is 431 g/mol. The summed E-state index contributed by atoms with van der Waals surface area (Å²) in [6.45, 7) is 0. The molecule has 4 rings (SSSR count). The molecule has 1 unspecified atom stereocenters. The van der Waals surface area contributed by atoms with Gasteiger partial charge in [-0.2, -0.15) is 0 Å². The zero-order valence-electron chi connectivity index (χ0n) is 14.2. The van der Waals surface area contributed by atoms with Crippen LogP contribution in [0.1, 0.15) is 17.2 Å². The standard InChI is InChI=1S/C20H12Cl2N2O3S/c21-13-6-4-11(5-7-13)17(25)15-16(12-2-1-3-14(22)10-12)24(19(27)18(15)26)20-23-8-9-28-20/h1-10,16,25H/b17-15+. The highest BCUT2D eigenvalue weighted by Crippen LogP contribution is 2.43. The van der Waals surface area contributed by atoms with Crippen molar-refractivity contribution in [1.29, 1.82) is 0 Å². The van der Waals surface area contributed by atoms with Crippen LogP contribution >= 0.6 is 34.5 Å². The molecule has 0 radical (unpaired) electrons. The molecule has 2 heterocycles. The number of aliphatic hydroxyl groups is 1. The van der Waals surface area contributed by atoms with E-state index in [0.717, 1.165) is 0 Å². The molecular formula is C20H12Cl2N2O3S. The van der Waals surface area contributed by atoms with E-state index in [4.69, 9.17) is 23.2 Å². The van der Waals surface area contributed by atoms with E-state index in [1.165, 1.54) is 16.2 Å². The highest BCUT2D eigenvalue weighted by molar-refractivity contribution is 7.14. The monoisotopic (exact) mass is 430 g/mol. The van der Waals surface area contributed by atoms with Crippen LogP contribution in [0.15, 0.2) is 65.7 Å². The zero-order valence-corrected chi connectivity index (χ0v) is 16.5. The highest BCUT2D eigenvalue weighted by atomic mass is 35.5. The number of hydrogen-bond donors (Lipinski definition) is 1. The molecule has 1 aromatic heterocycles. The number of Topliss-reactive ketones (excluding diaryl/α,β-unsaturated/α-hetero) is 1. The molecule has 0 saturated carbocycles. The summed E-state index contributed by atoms with van der Waals surface area (Å²) in [4.78, 5) is 31.2. The summed E-state index contributed by atoms with van der Waals surface area (Å²) < 4.78 is 0. The average Bonchev–Trinajstić information content (AvgIpc) is 3.29. The van der Waals surface area contributed by atoms with Gasteiger partial charge in [-0.05, 0) is 42.0 Å². The minimum absolute atomic E-state index is 0.0233. The van der Waals surface area contributed by atoms with Crippen molar-refractivity contribution in [2.75, 3.05) is 4.90 Å². The van der Waals surface area contributed by atoms with E-state index < -0.39 is 17.7 Å². The van der Waals surface area contributed by atoms with Crippen molar-refractivity contribution >= 4 is 57.1 Å². The fourth-order valence-corrected chi connectivity index (χ4v) is 4.11. The first-order chi connectivity index (χ1) is 13.5. The number of halogens is 2. The smallest absolute Gasteiger partial charge is 0.301 e. The van der Waals surface area contributed by atoms with E-state index in [1.54, 1.807) is 60.1 Å². The SMILES string of the molecule is O=C1C(=O)N(c2nccs2)C(c2cccc(Cl)c2)/C1=C(\O)c1ccc(Cl)cc1. The molecule has 2 aromatic carbocycles. The van der Waals surface area contributed by atoms with Gasteiger partial charge >= 0.3 is 5.91 Å². The normalized spacial score (nSPS) is 18.6. The number of anilines is 1. The van der Waals surface area contributed by atoms with Crippen LogP contribution in [0.2, 0.25) is 10.0 Å². The quantitative estimate of drug-likeness (QED) is 0.357.